The van der Waals surface area contributed by atoms with E-state index >= 15 is 4.39 Å². The lowest BCUT2D eigenvalue weighted by atomic mass is 9.96. The first-order chi connectivity index (χ1) is 17.6. The van der Waals surface area contributed by atoms with Crippen LogP contribution in [0.25, 0.3) is 39.1 Å². The molecule has 36 heavy (non-hydrogen) atoms. The van der Waals surface area contributed by atoms with Gasteiger partial charge in [-0.2, -0.15) is 5.10 Å². The molecule has 0 unspecified atom stereocenters. The molecule has 0 amide bonds. The Morgan fingerprint density at radius 1 is 1.22 bits per heavy atom. The molecule has 1 fully saturated rings. The maximum absolute atomic E-state index is 15.6. The van der Waals surface area contributed by atoms with Gasteiger partial charge in [-0.3, -0.25) is 10.00 Å². The molecule has 4 N–H and O–H groups in total. The molecule has 2 aliphatic heterocycles. The van der Waals surface area contributed by atoms with Crippen LogP contribution in [0.3, 0.4) is 0 Å². The van der Waals surface area contributed by atoms with Crippen molar-refractivity contribution in [1.29, 1.82) is 0 Å². The van der Waals surface area contributed by atoms with E-state index in [-0.39, 0.29) is 11.3 Å². The number of phenols is 1. The molecule has 6 rings (SSSR count). The topological polar surface area (TPSA) is 102 Å². The number of aromatic nitrogens is 4. The zero-order chi connectivity index (χ0) is 24.6. The quantitative estimate of drug-likeness (QED) is 0.330. The summed E-state index contributed by atoms with van der Waals surface area (Å²) in [5.74, 6) is 0.407. The zero-order valence-corrected chi connectivity index (χ0v) is 20.1. The Hall–Kier alpha value is -3.53. The highest BCUT2D eigenvalue weighted by Crippen LogP contribution is 2.35. The molecule has 4 heterocycles. The number of fused-ring (bicyclic) bond motifs is 1. The maximum Gasteiger partial charge on any atom is 0.159 e. The van der Waals surface area contributed by atoms with E-state index in [0.717, 1.165) is 56.2 Å². The molecule has 9 heteroatoms. The van der Waals surface area contributed by atoms with Crippen molar-refractivity contribution in [3.8, 4) is 28.4 Å². The summed E-state index contributed by atoms with van der Waals surface area (Å²) >= 11 is 0. The van der Waals surface area contributed by atoms with Crippen molar-refractivity contribution in [3.05, 3.63) is 59.7 Å². The monoisotopic (exact) mass is 488 g/mol. The number of nitrogens with zero attached hydrogens (tertiary/aromatic N) is 3. The average molecular weight is 489 g/mol. The van der Waals surface area contributed by atoms with Crippen LogP contribution in [0.4, 0.5) is 4.39 Å². The van der Waals surface area contributed by atoms with E-state index in [1.807, 2.05) is 19.2 Å². The molecule has 0 spiro atoms. The summed E-state index contributed by atoms with van der Waals surface area (Å²) in [5.41, 5.74) is 5.18. The van der Waals surface area contributed by atoms with E-state index in [9.17, 15) is 5.11 Å². The van der Waals surface area contributed by atoms with Gasteiger partial charge in [0.05, 0.1) is 25.1 Å². The Labute approximate surface area is 208 Å². The third-order valence-corrected chi connectivity index (χ3v) is 7.05. The number of aromatic hydroxyl groups is 1. The van der Waals surface area contributed by atoms with Crippen LogP contribution in [0.1, 0.15) is 18.2 Å². The zero-order valence-electron chi connectivity index (χ0n) is 20.1. The number of benzene rings is 2. The first kappa shape index (κ1) is 22.9. The van der Waals surface area contributed by atoms with Crippen molar-refractivity contribution in [3.63, 3.8) is 0 Å². The van der Waals surface area contributed by atoms with Crippen molar-refractivity contribution in [1.82, 2.24) is 30.4 Å². The number of ether oxygens (including phenoxy) is 1. The van der Waals surface area contributed by atoms with Gasteiger partial charge in [0.1, 0.15) is 17.0 Å². The highest BCUT2D eigenvalue weighted by molar-refractivity contribution is 5.95. The third kappa shape index (κ3) is 4.19. The van der Waals surface area contributed by atoms with E-state index in [1.165, 1.54) is 5.57 Å². The number of hydrogen-bond acceptors (Lipinski definition) is 6. The first-order valence-corrected chi connectivity index (χ1v) is 12.4. The van der Waals surface area contributed by atoms with E-state index in [4.69, 9.17) is 4.74 Å². The normalized spacial score (nSPS) is 18.7. The fourth-order valence-corrected chi connectivity index (χ4v) is 5.18. The third-order valence-electron chi connectivity index (χ3n) is 7.05. The van der Waals surface area contributed by atoms with E-state index in [1.54, 1.807) is 24.3 Å². The van der Waals surface area contributed by atoms with E-state index < -0.39 is 5.82 Å². The molecule has 186 valence electrons. The Bertz CT molecular complexity index is 1440. The van der Waals surface area contributed by atoms with Gasteiger partial charge in [-0.25, -0.2) is 9.37 Å². The van der Waals surface area contributed by atoms with Crippen LogP contribution in [-0.4, -0.2) is 75.6 Å². The molecule has 4 aromatic rings. The second-order valence-corrected chi connectivity index (χ2v) is 9.41. The van der Waals surface area contributed by atoms with Crippen molar-refractivity contribution in [2.75, 3.05) is 39.4 Å². The molecule has 0 aliphatic carbocycles. The molecule has 0 saturated carbocycles. The smallest absolute Gasteiger partial charge is 0.159 e. The van der Waals surface area contributed by atoms with Crippen LogP contribution < -0.4 is 5.32 Å². The first-order valence-electron chi connectivity index (χ1n) is 12.4. The summed E-state index contributed by atoms with van der Waals surface area (Å²) in [6, 6.07) is 9.01. The fraction of sp³-hybridized carbons (Fsp3) is 0.333. The summed E-state index contributed by atoms with van der Waals surface area (Å²) in [4.78, 5) is 10.4. The minimum atomic E-state index is -0.392. The van der Waals surface area contributed by atoms with Gasteiger partial charge in [0, 0.05) is 43.2 Å². The average Bonchev–Trinajstić information content (AvgIpc) is 3.65. The number of phenolic OH excluding ortho intramolecular Hbond substituents is 1. The van der Waals surface area contributed by atoms with Gasteiger partial charge < -0.3 is 20.1 Å². The lowest BCUT2D eigenvalue weighted by Crippen LogP contribution is -2.48. The summed E-state index contributed by atoms with van der Waals surface area (Å²) < 4.78 is 21.2. The van der Waals surface area contributed by atoms with Gasteiger partial charge in [0.25, 0.3) is 0 Å². The van der Waals surface area contributed by atoms with Gasteiger partial charge in [-0.15, -0.1) is 0 Å². The molecule has 1 saturated heterocycles. The number of aryl methyl sites for hydroxylation is 1. The highest BCUT2D eigenvalue weighted by Gasteiger charge is 2.23. The largest absolute Gasteiger partial charge is 0.508 e. The fourth-order valence-electron chi connectivity index (χ4n) is 5.18. The standard InChI is InChI=1S/C27H29FN6O2/c1-2-16-11-19(35)3-4-20(16)21-5-6-22-25(24(21)28)32-33-26(22)27-30-12-23(31-27)17-7-9-34(13-17)14-18-15-36-10-8-29-18/h3-7,11-12,18,29,35H,2,8-10,13-15H2,1H3,(H,30,31)(H,32,33)/t18-/m1/s1. The van der Waals surface area contributed by atoms with Crippen LogP contribution in [0.5, 0.6) is 5.75 Å². The SMILES string of the molecule is CCc1cc(O)ccc1-c1ccc2c(-c3ncc(C4=CCN(C[C@@H]5COCCN5)C4)[nH]3)[nH]nc2c1F. The number of aromatic amines is 2. The van der Waals surface area contributed by atoms with Crippen molar-refractivity contribution >= 4 is 16.5 Å². The highest BCUT2D eigenvalue weighted by atomic mass is 19.1. The summed E-state index contributed by atoms with van der Waals surface area (Å²) in [5, 5.41) is 21.3. The van der Waals surface area contributed by atoms with Gasteiger partial charge >= 0.3 is 0 Å². The molecular formula is C27H29FN6O2. The number of nitrogens with one attached hydrogen (secondary N) is 3. The van der Waals surface area contributed by atoms with Crippen LogP contribution in [0.15, 0.2) is 42.6 Å². The van der Waals surface area contributed by atoms with Gasteiger partial charge in [-0.05, 0) is 41.3 Å². The summed E-state index contributed by atoms with van der Waals surface area (Å²) in [6.07, 6.45) is 4.73. The minimum absolute atomic E-state index is 0.174. The maximum atomic E-state index is 15.6. The second kappa shape index (κ2) is 9.50. The molecule has 8 nitrogen and oxygen atoms in total. The molecule has 2 aliphatic rings. The minimum Gasteiger partial charge on any atom is -0.508 e. The van der Waals surface area contributed by atoms with E-state index in [0.29, 0.717) is 34.9 Å². The van der Waals surface area contributed by atoms with Crippen molar-refractivity contribution in [2.45, 2.75) is 19.4 Å². The molecule has 0 radical (unpaired) electrons. The van der Waals surface area contributed by atoms with Gasteiger partial charge in [-0.1, -0.05) is 25.1 Å². The Kier molecular flexibility index (Phi) is 6.04. The van der Waals surface area contributed by atoms with Gasteiger partial charge in [0.2, 0.25) is 0 Å². The second-order valence-electron chi connectivity index (χ2n) is 9.41. The predicted molar refractivity (Wildman–Crippen MR) is 137 cm³/mol. The Balaban J connectivity index is 1.24. The van der Waals surface area contributed by atoms with Gasteiger partial charge in [0.15, 0.2) is 11.6 Å². The number of H-pyrrole nitrogens is 2. The van der Waals surface area contributed by atoms with E-state index in [2.05, 4.69) is 36.5 Å². The van der Waals surface area contributed by atoms with Crippen molar-refractivity contribution in [2.24, 2.45) is 0 Å². The number of hydrogen-bond donors (Lipinski definition) is 4. The van der Waals surface area contributed by atoms with Crippen LogP contribution >= 0.6 is 0 Å². The number of halogens is 1. The Morgan fingerprint density at radius 2 is 2.11 bits per heavy atom. The molecular weight excluding hydrogens is 459 g/mol. The summed E-state index contributed by atoms with van der Waals surface area (Å²) in [6.45, 7) is 7.08. The lowest BCUT2D eigenvalue weighted by Gasteiger charge is -2.28. The molecule has 2 aromatic carbocycles. The van der Waals surface area contributed by atoms with Crippen LogP contribution in [-0.2, 0) is 11.2 Å². The predicted octanol–water partition coefficient (Wildman–Crippen LogP) is 3.71. The van der Waals surface area contributed by atoms with Crippen LogP contribution in [0, 0.1) is 5.82 Å². The molecule has 0 bridgehead atoms. The number of morpholine rings is 1. The van der Waals surface area contributed by atoms with Crippen molar-refractivity contribution < 1.29 is 14.2 Å². The Morgan fingerprint density at radius 3 is 2.94 bits per heavy atom. The number of imidazole rings is 1. The van der Waals surface area contributed by atoms with Crippen LogP contribution in [0.2, 0.25) is 0 Å². The molecule has 1 atom stereocenters. The summed E-state index contributed by atoms with van der Waals surface area (Å²) in [7, 11) is 0. The molecule has 2 aromatic heterocycles. The number of rotatable bonds is 6. The lowest BCUT2D eigenvalue weighted by molar-refractivity contribution is 0.0659.